The van der Waals surface area contributed by atoms with Gasteiger partial charge in [0.2, 0.25) is 5.91 Å². The van der Waals surface area contributed by atoms with Gasteiger partial charge in [0.05, 0.1) is 18.6 Å². The molecule has 0 aliphatic heterocycles. The van der Waals surface area contributed by atoms with Crippen LogP contribution in [0.2, 0.25) is 0 Å². The van der Waals surface area contributed by atoms with Crippen molar-refractivity contribution in [3.05, 3.63) is 35.6 Å². The number of hydrogen-bond donors (Lipinski definition) is 2. The first-order valence-electron chi connectivity index (χ1n) is 7.70. The Morgan fingerprint density at radius 2 is 1.95 bits per heavy atom. The maximum atomic E-state index is 13.1. The summed E-state index contributed by atoms with van der Waals surface area (Å²) >= 11 is 0. The highest BCUT2D eigenvalue weighted by atomic mass is 19.1. The Morgan fingerprint density at radius 3 is 2.43 bits per heavy atom. The normalized spacial score (nSPS) is 18.1. The molecular weight excluding hydrogens is 269 g/mol. The van der Waals surface area contributed by atoms with Crippen molar-refractivity contribution in [2.45, 2.75) is 51.7 Å². The van der Waals surface area contributed by atoms with Crippen LogP contribution < -0.4 is 5.32 Å². The summed E-state index contributed by atoms with van der Waals surface area (Å²) in [5, 5.41) is 12.8. The van der Waals surface area contributed by atoms with Crippen LogP contribution in [-0.4, -0.2) is 17.1 Å². The summed E-state index contributed by atoms with van der Waals surface area (Å²) < 4.78 is 13.1. The van der Waals surface area contributed by atoms with Crippen LogP contribution >= 0.6 is 0 Å². The smallest absolute Gasteiger partial charge is 0.223 e. The molecule has 2 N–H and O–H groups in total. The van der Waals surface area contributed by atoms with Gasteiger partial charge >= 0.3 is 0 Å². The molecule has 0 bridgehead atoms. The van der Waals surface area contributed by atoms with Crippen LogP contribution in [0.25, 0.3) is 0 Å². The molecule has 1 aromatic carbocycles. The molecule has 1 aliphatic carbocycles. The molecule has 0 heterocycles. The lowest BCUT2D eigenvalue weighted by molar-refractivity contribution is -0.125. The highest BCUT2D eigenvalue weighted by Crippen LogP contribution is 2.37. The van der Waals surface area contributed by atoms with Crippen molar-refractivity contribution in [3.8, 4) is 0 Å². The molecule has 0 spiro atoms. The Hall–Kier alpha value is -1.42. The Bertz CT molecular complexity index is 468. The maximum absolute atomic E-state index is 13.1. The fourth-order valence-corrected chi connectivity index (χ4v) is 2.57. The van der Waals surface area contributed by atoms with Gasteiger partial charge in [-0.15, -0.1) is 0 Å². The zero-order valence-electron chi connectivity index (χ0n) is 12.7. The minimum atomic E-state index is -0.625. The van der Waals surface area contributed by atoms with Gasteiger partial charge in [-0.1, -0.05) is 32.4 Å². The molecule has 2 atom stereocenters. The highest BCUT2D eigenvalue weighted by molar-refractivity contribution is 5.77. The lowest BCUT2D eigenvalue weighted by atomic mass is 9.77. The molecule has 1 aromatic rings. The molecular formula is C17H24FNO2. The highest BCUT2D eigenvalue weighted by Gasteiger charge is 2.30. The van der Waals surface area contributed by atoms with Crippen LogP contribution in [0.3, 0.4) is 0 Å². The maximum Gasteiger partial charge on any atom is 0.223 e. The molecule has 0 aromatic heterocycles. The summed E-state index contributed by atoms with van der Waals surface area (Å²) in [6.07, 6.45) is 2.82. The van der Waals surface area contributed by atoms with Crippen LogP contribution in [0.4, 0.5) is 4.39 Å². The average molecular weight is 293 g/mol. The van der Waals surface area contributed by atoms with E-state index in [0.717, 1.165) is 18.4 Å². The van der Waals surface area contributed by atoms with Gasteiger partial charge in [-0.3, -0.25) is 4.79 Å². The zero-order chi connectivity index (χ0) is 15.4. The summed E-state index contributed by atoms with van der Waals surface area (Å²) in [6.45, 7) is 3.78. The number of aliphatic hydroxyl groups excluding tert-OH is 1. The topological polar surface area (TPSA) is 49.3 Å². The van der Waals surface area contributed by atoms with E-state index in [2.05, 4.69) is 5.32 Å². The van der Waals surface area contributed by atoms with Crippen molar-refractivity contribution >= 4 is 5.91 Å². The predicted octanol–water partition coefficient (Wildman–Crippen LogP) is 3.19. The quantitative estimate of drug-likeness (QED) is 0.846. The zero-order valence-corrected chi connectivity index (χ0v) is 12.7. The minimum Gasteiger partial charge on any atom is -0.392 e. The minimum absolute atomic E-state index is 0.0590. The molecule has 0 radical (unpaired) electrons. The lowest BCUT2D eigenvalue weighted by Crippen LogP contribution is -2.38. The van der Waals surface area contributed by atoms with Gasteiger partial charge in [-0.2, -0.15) is 0 Å². The van der Waals surface area contributed by atoms with Crippen molar-refractivity contribution in [2.75, 3.05) is 0 Å². The Kier molecular flexibility index (Phi) is 5.34. The molecule has 21 heavy (non-hydrogen) atoms. The second-order valence-electron chi connectivity index (χ2n) is 6.30. The molecule has 1 aliphatic rings. The first-order valence-corrected chi connectivity index (χ1v) is 7.70. The van der Waals surface area contributed by atoms with Crippen LogP contribution in [0.1, 0.15) is 51.1 Å². The van der Waals surface area contributed by atoms with Gasteiger partial charge in [0, 0.05) is 0 Å². The van der Waals surface area contributed by atoms with Gasteiger partial charge in [0.25, 0.3) is 0 Å². The summed E-state index contributed by atoms with van der Waals surface area (Å²) in [7, 11) is 0. The first kappa shape index (κ1) is 16.0. The fraction of sp³-hybridized carbons (Fsp3) is 0.588. The van der Waals surface area contributed by atoms with Crippen molar-refractivity contribution in [1.82, 2.24) is 5.32 Å². The number of nitrogens with one attached hydrogen (secondary N) is 1. The third-order valence-electron chi connectivity index (χ3n) is 4.33. The van der Waals surface area contributed by atoms with Crippen molar-refractivity contribution in [2.24, 2.45) is 11.8 Å². The summed E-state index contributed by atoms with van der Waals surface area (Å²) in [4.78, 5) is 12.1. The summed E-state index contributed by atoms with van der Waals surface area (Å²) in [5.41, 5.74) is 0.938. The van der Waals surface area contributed by atoms with Gasteiger partial charge in [0.1, 0.15) is 5.82 Å². The van der Waals surface area contributed by atoms with Crippen LogP contribution in [0, 0.1) is 17.7 Å². The van der Waals surface area contributed by atoms with E-state index in [0.29, 0.717) is 5.92 Å². The van der Waals surface area contributed by atoms with E-state index in [-0.39, 0.29) is 30.1 Å². The molecule has 0 saturated heterocycles. The number of aliphatic hydroxyl groups is 1. The number of carbonyl (C=O) groups excluding carboxylic acids is 1. The van der Waals surface area contributed by atoms with Crippen LogP contribution in [-0.2, 0) is 4.79 Å². The molecule has 1 fully saturated rings. The largest absolute Gasteiger partial charge is 0.392 e. The summed E-state index contributed by atoms with van der Waals surface area (Å²) in [5.74, 6) is 0.0596. The average Bonchev–Trinajstić information content (AvgIpc) is 2.36. The van der Waals surface area contributed by atoms with Gasteiger partial charge in [-0.05, 0) is 42.4 Å². The van der Waals surface area contributed by atoms with E-state index in [4.69, 9.17) is 0 Å². The molecule has 4 heteroatoms. The fourth-order valence-electron chi connectivity index (χ4n) is 2.57. The Morgan fingerprint density at radius 1 is 1.33 bits per heavy atom. The van der Waals surface area contributed by atoms with E-state index in [9.17, 15) is 14.3 Å². The van der Waals surface area contributed by atoms with Gasteiger partial charge < -0.3 is 10.4 Å². The number of amides is 1. The molecule has 116 valence electrons. The van der Waals surface area contributed by atoms with E-state index >= 15 is 0 Å². The number of hydrogen-bond acceptors (Lipinski definition) is 2. The Balaban J connectivity index is 2.03. The lowest BCUT2D eigenvalue weighted by Gasteiger charge is -2.35. The number of halogens is 1. The third-order valence-corrected chi connectivity index (χ3v) is 4.33. The van der Waals surface area contributed by atoms with Gasteiger partial charge in [-0.25, -0.2) is 4.39 Å². The van der Waals surface area contributed by atoms with E-state index < -0.39 is 6.10 Å². The Labute approximate surface area is 125 Å². The molecule has 1 amide bonds. The molecule has 2 rings (SSSR count). The SMILES string of the molecule is CC(C)C(O)CC(=O)NC(c1ccc(F)cc1)C1CCC1. The third kappa shape index (κ3) is 4.27. The van der Waals surface area contributed by atoms with Crippen molar-refractivity contribution in [3.63, 3.8) is 0 Å². The molecule has 1 saturated carbocycles. The van der Waals surface area contributed by atoms with Crippen molar-refractivity contribution < 1.29 is 14.3 Å². The predicted molar refractivity (Wildman–Crippen MR) is 80.1 cm³/mol. The second-order valence-corrected chi connectivity index (χ2v) is 6.30. The van der Waals surface area contributed by atoms with E-state index in [1.165, 1.54) is 18.6 Å². The number of benzene rings is 1. The first-order chi connectivity index (χ1) is 9.97. The van der Waals surface area contributed by atoms with Crippen molar-refractivity contribution in [1.29, 1.82) is 0 Å². The number of rotatable bonds is 6. The molecule has 3 nitrogen and oxygen atoms in total. The van der Waals surface area contributed by atoms with Crippen LogP contribution in [0.15, 0.2) is 24.3 Å². The standard InChI is InChI=1S/C17H24FNO2/c1-11(2)15(20)10-16(21)19-17(12-4-3-5-12)13-6-8-14(18)9-7-13/h6-9,11-12,15,17,20H,3-5,10H2,1-2H3,(H,19,21). The van der Waals surface area contributed by atoms with E-state index in [1.54, 1.807) is 12.1 Å². The molecule has 2 unspecified atom stereocenters. The van der Waals surface area contributed by atoms with E-state index in [1.807, 2.05) is 13.8 Å². The number of carbonyl (C=O) groups is 1. The second kappa shape index (κ2) is 7.03. The summed E-state index contributed by atoms with van der Waals surface area (Å²) in [6, 6.07) is 6.24. The monoisotopic (exact) mass is 293 g/mol. The van der Waals surface area contributed by atoms with Gasteiger partial charge in [0.15, 0.2) is 0 Å². The van der Waals surface area contributed by atoms with Crippen LogP contribution in [0.5, 0.6) is 0 Å².